The molecule has 1 unspecified atom stereocenters. The Morgan fingerprint density at radius 1 is 1.53 bits per heavy atom. The molecular weight excluding hydrogens is 192 g/mol. The molecule has 1 atom stereocenters. The first-order valence-electron chi connectivity index (χ1n) is 5.87. The number of aliphatic hydroxyl groups excluding tert-OH is 1. The monoisotopic (exact) mass is 214 g/mol. The lowest BCUT2D eigenvalue weighted by molar-refractivity contribution is -0.120. The van der Waals surface area contributed by atoms with Gasteiger partial charge in [-0.3, -0.25) is 4.79 Å². The lowest BCUT2D eigenvalue weighted by Crippen LogP contribution is -2.38. The number of carbonyl (C=O) groups excluding carboxylic acids is 1. The van der Waals surface area contributed by atoms with E-state index in [0.717, 1.165) is 25.3 Å². The van der Waals surface area contributed by atoms with E-state index in [0.29, 0.717) is 13.1 Å². The number of amides is 1. The second kappa shape index (κ2) is 6.80. The number of nitrogens with one attached hydrogen (secondary N) is 2. The van der Waals surface area contributed by atoms with Crippen molar-refractivity contribution < 1.29 is 9.90 Å². The number of carbonyl (C=O) groups is 1. The van der Waals surface area contributed by atoms with Crippen molar-refractivity contribution in [1.82, 2.24) is 10.6 Å². The fourth-order valence-corrected chi connectivity index (χ4v) is 1.44. The van der Waals surface area contributed by atoms with Gasteiger partial charge in [0.25, 0.3) is 0 Å². The Hall–Kier alpha value is -0.610. The van der Waals surface area contributed by atoms with Gasteiger partial charge >= 0.3 is 0 Å². The van der Waals surface area contributed by atoms with E-state index in [1.54, 1.807) is 0 Å². The number of hydrogen-bond donors (Lipinski definition) is 3. The summed E-state index contributed by atoms with van der Waals surface area (Å²) in [4.78, 5) is 11.3. The lowest BCUT2D eigenvalue weighted by Gasteiger charge is -2.10. The fourth-order valence-electron chi connectivity index (χ4n) is 1.44. The molecular formula is C11H22N2O2. The molecule has 1 saturated carbocycles. The van der Waals surface area contributed by atoms with E-state index in [-0.39, 0.29) is 5.91 Å². The molecule has 4 heteroatoms. The zero-order chi connectivity index (χ0) is 11.1. The van der Waals surface area contributed by atoms with Crippen molar-refractivity contribution in [2.45, 2.75) is 38.7 Å². The molecule has 1 rings (SSSR count). The van der Waals surface area contributed by atoms with E-state index in [4.69, 9.17) is 0 Å². The molecule has 0 heterocycles. The van der Waals surface area contributed by atoms with Crippen LogP contribution in [0.2, 0.25) is 0 Å². The summed E-state index contributed by atoms with van der Waals surface area (Å²) < 4.78 is 0. The van der Waals surface area contributed by atoms with Crippen molar-refractivity contribution in [3.05, 3.63) is 0 Å². The molecule has 1 aliphatic rings. The molecule has 0 aromatic heterocycles. The summed E-state index contributed by atoms with van der Waals surface area (Å²) in [5.74, 6) is 0.772. The van der Waals surface area contributed by atoms with Gasteiger partial charge in [-0.1, -0.05) is 13.3 Å². The average Bonchev–Trinajstić information content (AvgIpc) is 2.99. The molecule has 1 fully saturated rings. The molecule has 0 spiro atoms. The quantitative estimate of drug-likeness (QED) is 0.543. The predicted octanol–water partition coefficient (Wildman–Crippen LogP) is 0.263. The maximum atomic E-state index is 11.3. The van der Waals surface area contributed by atoms with E-state index in [9.17, 15) is 9.90 Å². The Bertz CT molecular complexity index is 193. The zero-order valence-electron chi connectivity index (χ0n) is 9.46. The third-order valence-corrected chi connectivity index (χ3v) is 2.57. The van der Waals surface area contributed by atoms with Gasteiger partial charge in [0.05, 0.1) is 12.6 Å². The molecule has 4 nitrogen and oxygen atoms in total. The standard InChI is InChI=1S/C11H22N2O2/c1-2-3-10(14)7-13-11(15)8-12-6-9-4-5-9/h9-10,12,14H,2-8H2,1H3,(H,13,15). The van der Waals surface area contributed by atoms with Gasteiger partial charge in [-0.15, -0.1) is 0 Å². The van der Waals surface area contributed by atoms with Crippen LogP contribution in [0.15, 0.2) is 0 Å². The number of rotatable bonds is 8. The van der Waals surface area contributed by atoms with Crippen molar-refractivity contribution in [2.24, 2.45) is 5.92 Å². The second-order valence-electron chi connectivity index (χ2n) is 4.32. The maximum Gasteiger partial charge on any atom is 0.234 e. The average molecular weight is 214 g/mol. The van der Waals surface area contributed by atoms with Crippen LogP contribution in [0.3, 0.4) is 0 Å². The van der Waals surface area contributed by atoms with Gasteiger partial charge in [0.1, 0.15) is 0 Å². The van der Waals surface area contributed by atoms with E-state index in [1.807, 2.05) is 6.92 Å². The van der Waals surface area contributed by atoms with Gasteiger partial charge < -0.3 is 15.7 Å². The Balaban J connectivity index is 1.92. The first kappa shape index (κ1) is 12.5. The van der Waals surface area contributed by atoms with Crippen molar-refractivity contribution in [2.75, 3.05) is 19.6 Å². The van der Waals surface area contributed by atoms with E-state index >= 15 is 0 Å². The van der Waals surface area contributed by atoms with Crippen LogP contribution in [0.5, 0.6) is 0 Å². The van der Waals surface area contributed by atoms with Crippen LogP contribution in [0, 0.1) is 5.92 Å². The van der Waals surface area contributed by atoms with Gasteiger partial charge in [-0.05, 0) is 31.7 Å². The minimum Gasteiger partial charge on any atom is -0.391 e. The summed E-state index contributed by atoms with van der Waals surface area (Å²) in [6.07, 6.45) is 3.88. The SMILES string of the molecule is CCCC(O)CNC(=O)CNCC1CC1. The molecule has 3 N–H and O–H groups in total. The first-order chi connectivity index (χ1) is 7.22. The number of hydrogen-bond acceptors (Lipinski definition) is 3. The van der Waals surface area contributed by atoms with Crippen LogP contribution < -0.4 is 10.6 Å². The van der Waals surface area contributed by atoms with Gasteiger partial charge in [-0.2, -0.15) is 0 Å². The largest absolute Gasteiger partial charge is 0.391 e. The van der Waals surface area contributed by atoms with Crippen LogP contribution in [-0.2, 0) is 4.79 Å². The second-order valence-corrected chi connectivity index (χ2v) is 4.32. The van der Waals surface area contributed by atoms with Crippen molar-refractivity contribution in [3.63, 3.8) is 0 Å². The molecule has 0 aromatic rings. The van der Waals surface area contributed by atoms with Gasteiger partial charge in [0, 0.05) is 6.54 Å². The fraction of sp³-hybridized carbons (Fsp3) is 0.909. The highest BCUT2D eigenvalue weighted by Crippen LogP contribution is 2.27. The predicted molar refractivity (Wildman–Crippen MR) is 59.5 cm³/mol. The zero-order valence-corrected chi connectivity index (χ0v) is 9.46. The topological polar surface area (TPSA) is 61.4 Å². The Morgan fingerprint density at radius 2 is 2.27 bits per heavy atom. The summed E-state index contributed by atoms with van der Waals surface area (Å²) in [6, 6.07) is 0. The summed E-state index contributed by atoms with van der Waals surface area (Å²) in [6.45, 7) is 3.71. The summed E-state index contributed by atoms with van der Waals surface area (Å²) >= 11 is 0. The molecule has 0 aliphatic heterocycles. The van der Waals surface area contributed by atoms with Crippen molar-refractivity contribution >= 4 is 5.91 Å². The van der Waals surface area contributed by atoms with Crippen LogP contribution in [0.4, 0.5) is 0 Å². The maximum absolute atomic E-state index is 11.3. The van der Waals surface area contributed by atoms with Crippen molar-refractivity contribution in [1.29, 1.82) is 0 Å². The Morgan fingerprint density at radius 3 is 2.87 bits per heavy atom. The van der Waals surface area contributed by atoms with Gasteiger partial charge in [0.15, 0.2) is 0 Å². The number of aliphatic hydroxyl groups is 1. The molecule has 0 saturated heterocycles. The van der Waals surface area contributed by atoms with Gasteiger partial charge in [-0.25, -0.2) is 0 Å². The smallest absolute Gasteiger partial charge is 0.234 e. The molecule has 0 bridgehead atoms. The Labute approximate surface area is 91.4 Å². The summed E-state index contributed by atoms with van der Waals surface area (Å²) in [7, 11) is 0. The van der Waals surface area contributed by atoms with Crippen LogP contribution in [0.25, 0.3) is 0 Å². The molecule has 0 radical (unpaired) electrons. The lowest BCUT2D eigenvalue weighted by atomic mass is 10.2. The molecule has 15 heavy (non-hydrogen) atoms. The normalized spacial score (nSPS) is 17.5. The highest BCUT2D eigenvalue weighted by atomic mass is 16.3. The first-order valence-corrected chi connectivity index (χ1v) is 5.87. The van der Waals surface area contributed by atoms with Crippen LogP contribution in [0.1, 0.15) is 32.6 Å². The molecule has 1 amide bonds. The third kappa shape index (κ3) is 6.47. The van der Waals surface area contributed by atoms with Gasteiger partial charge in [0.2, 0.25) is 5.91 Å². The molecule has 88 valence electrons. The highest BCUT2D eigenvalue weighted by Gasteiger charge is 2.20. The minimum absolute atomic E-state index is 0.0224. The van der Waals surface area contributed by atoms with E-state index in [1.165, 1.54) is 12.8 Å². The minimum atomic E-state index is -0.401. The van der Waals surface area contributed by atoms with E-state index in [2.05, 4.69) is 10.6 Å². The summed E-state index contributed by atoms with van der Waals surface area (Å²) in [5.41, 5.74) is 0. The molecule has 1 aliphatic carbocycles. The van der Waals surface area contributed by atoms with Crippen molar-refractivity contribution in [3.8, 4) is 0 Å². The van der Waals surface area contributed by atoms with Crippen LogP contribution >= 0.6 is 0 Å². The van der Waals surface area contributed by atoms with E-state index < -0.39 is 6.10 Å². The third-order valence-electron chi connectivity index (χ3n) is 2.57. The highest BCUT2D eigenvalue weighted by molar-refractivity contribution is 5.77. The summed E-state index contributed by atoms with van der Waals surface area (Å²) in [5, 5.41) is 15.2. The Kier molecular flexibility index (Phi) is 5.65. The van der Waals surface area contributed by atoms with Crippen LogP contribution in [-0.4, -0.2) is 36.8 Å². The molecule has 0 aromatic carbocycles.